The summed E-state index contributed by atoms with van der Waals surface area (Å²) in [6.07, 6.45) is 1.76. The molecule has 82 valence electrons. The molecule has 0 amide bonds. The highest BCUT2D eigenvalue weighted by Crippen LogP contribution is 2.19. The van der Waals surface area contributed by atoms with Crippen LogP contribution in [0.2, 0.25) is 0 Å². The number of anilines is 1. The number of nitrogens with zero attached hydrogens (tertiary/aromatic N) is 1. The summed E-state index contributed by atoms with van der Waals surface area (Å²) in [5.41, 5.74) is 2.24. The fourth-order valence-corrected chi connectivity index (χ4v) is 1.97. The van der Waals surface area contributed by atoms with Crippen molar-refractivity contribution in [2.75, 3.05) is 5.32 Å². The lowest BCUT2D eigenvalue weighted by molar-refractivity contribution is 1.13. The topological polar surface area (TPSA) is 24.9 Å². The maximum absolute atomic E-state index is 4.15. The van der Waals surface area contributed by atoms with Crippen LogP contribution in [0.1, 0.15) is 5.56 Å². The van der Waals surface area contributed by atoms with E-state index in [4.69, 9.17) is 0 Å². The Bertz CT molecular complexity index is 469. The van der Waals surface area contributed by atoms with Crippen molar-refractivity contribution >= 4 is 37.5 Å². The van der Waals surface area contributed by atoms with Crippen LogP contribution in [0, 0.1) is 0 Å². The number of hydrogen-bond donors (Lipinski definition) is 1. The zero-order valence-corrected chi connectivity index (χ0v) is 11.6. The van der Waals surface area contributed by atoms with E-state index < -0.39 is 0 Å². The monoisotopic (exact) mass is 340 g/mol. The van der Waals surface area contributed by atoms with E-state index >= 15 is 0 Å². The maximum atomic E-state index is 4.15. The molecule has 1 aromatic carbocycles. The Labute approximate surface area is 111 Å². The summed E-state index contributed by atoms with van der Waals surface area (Å²) in [6.45, 7) is 0.789. The van der Waals surface area contributed by atoms with Gasteiger partial charge in [0.1, 0.15) is 4.60 Å². The van der Waals surface area contributed by atoms with Crippen LogP contribution in [0.15, 0.2) is 51.7 Å². The van der Waals surface area contributed by atoms with Gasteiger partial charge in [-0.05, 0) is 45.8 Å². The molecule has 2 aromatic rings. The third kappa shape index (κ3) is 3.06. The lowest BCUT2D eigenvalue weighted by atomic mass is 10.2. The van der Waals surface area contributed by atoms with Gasteiger partial charge < -0.3 is 5.32 Å². The molecular formula is C12H10Br2N2. The van der Waals surface area contributed by atoms with Crippen LogP contribution >= 0.6 is 31.9 Å². The van der Waals surface area contributed by atoms with Crippen LogP contribution < -0.4 is 5.32 Å². The molecule has 1 aromatic heterocycles. The Kier molecular flexibility index (Phi) is 3.96. The van der Waals surface area contributed by atoms with E-state index in [2.05, 4.69) is 54.3 Å². The Balaban J connectivity index is 2.02. The molecule has 0 saturated heterocycles. The second-order valence-corrected chi connectivity index (χ2v) is 4.99. The lowest BCUT2D eigenvalue weighted by Crippen LogP contribution is -2.00. The number of nitrogens with one attached hydrogen (secondary N) is 1. The van der Waals surface area contributed by atoms with E-state index in [-0.39, 0.29) is 0 Å². The fourth-order valence-electron chi connectivity index (χ4n) is 1.32. The molecule has 0 spiro atoms. The second kappa shape index (κ2) is 5.46. The minimum Gasteiger partial charge on any atom is -0.379 e. The van der Waals surface area contributed by atoms with Crippen LogP contribution in [0.5, 0.6) is 0 Å². The van der Waals surface area contributed by atoms with Crippen molar-refractivity contribution in [3.63, 3.8) is 0 Å². The highest BCUT2D eigenvalue weighted by Gasteiger charge is 1.98. The number of aromatic nitrogens is 1. The smallest absolute Gasteiger partial charge is 0.129 e. The summed E-state index contributed by atoms with van der Waals surface area (Å²) in [7, 11) is 0. The van der Waals surface area contributed by atoms with Gasteiger partial charge in [0.25, 0.3) is 0 Å². The zero-order valence-electron chi connectivity index (χ0n) is 8.45. The summed E-state index contributed by atoms with van der Waals surface area (Å²) in [4.78, 5) is 4.15. The van der Waals surface area contributed by atoms with E-state index in [1.165, 1.54) is 5.56 Å². The van der Waals surface area contributed by atoms with Crippen LogP contribution in [0.25, 0.3) is 0 Å². The molecule has 2 nitrogen and oxygen atoms in total. The summed E-state index contributed by atoms with van der Waals surface area (Å²) in [6, 6.07) is 12.2. The van der Waals surface area contributed by atoms with Gasteiger partial charge in [-0.2, -0.15) is 0 Å². The summed E-state index contributed by atoms with van der Waals surface area (Å²) < 4.78 is 1.94. The van der Waals surface area contributed by atoms with E-state index in [1.54, 1.807) is 6.20 Å². The van der Waals surface area contributed by atoms with Crippen LogP contribution in [-0.2, 0) is 6.54 Å². The minimum atomic E-state index is 0.789. The van der Waals surface area contributed by atoms with Gasteiger partial charge in [0.2, 0.25) is 0 Å². The van der Waals surface area contributed by atoms with Crippen LogP contribution in [0.3, 0.4) is 0 Å². The number of rotatable bonds is 3. The molecule has 16 heavy (non-hydrogen) atoms. The van der Waals surface area contributed by atoms with Gasteiger partial charge in [-0.25, -0.2) is 4.98 Å². The molecule has 0 radical (unpaired) electrons. The molecule has 0 aliphatic rings. The largest absolute Gasteiger partial charge is 0.379 e. The molecule has 0 saturated carbocycles. The lowest BCUT2D eigenvalue weighted by Gasteiger charge is -2.07. The van der Waals surface area contributed by atoms with Gasteiger partial charge in [-0.1, -0.05) is 28.1 Å². The first-order valence-corrected chi connectivity index (χ1v) is 6.43. The zero-order chi connectivity index (χ0) is 11.4. The second-order valence-electron chi connectivity index (χ2n) is 3.32. The third-order valence-corrected chi connectivity index (χ3v) is 3.32. The average Bonchev–Trinajstić information content (AvgIpc) is 2.30. The number of benzene rings is 1. The standard InChI is InChI=1S/C12H10Br2N2/c13-10-5-3-9(4-6-10)8-16-11-2-1-7-15-12(11)14/h1-7,16H,8H2. The summed E-state index contributed by atoms with van der Waals surface area (Å²) in [5, 5.41) is 3.32. The first-order valence-electron chi connectivity index (χ1n) is 4.84. The van der Waals surface area contributed by atoms with Crippen molar-refractivity contribution in [3.05, 3.63) is 57.2 Å². The molecular weight excluding hydrogens is 332 g/mol. The summed E-state index contributed by atoms with van der Waals surface area (Å²) in [5.74, 6) is 0. The number of pyridine rings is 1. The minimum absolute atomic E-state index is 0.789. The molecule has 0 aliphatic heterocycles. The molecule has 0 aliphatic carbocycles. The van der Waals surface area contributed by atoms with Crippen molar-refractivity contribution in [2.45, 2.75) is 6.54 Å². The molecule has 2 rings (SSSR count). The van der Waals surface area contributed by atoms with Crippen molar-refractivity contribution < 1.29 is 0 Å². The van der Waals surface area contributed by atoms with E-state index in [0.29, 0.717) is 0 Å². The van der Waals surface area contributed by atoms with Crippen LogP contribution in [0.4, 0.5) is 5.69 Å². The Morgan fingerprint density at radius 2 is 1.81 bits per heavy atom. The van der Waals surface area contributed by atoms with Crippen molar-refractivity contribution in [1.82, 2.24) is 4.98 Å². The Morgan fingerprint density at radius 1 is 1.06 bits per heavy atom. The van der Waals surface area contributed by atoms with Gasteiger partial charge >= 0.3 is 0 Å². The molecule has 0 atom stereocenters. The van der Waals surface area contributed by atoms with Crippen LogP contribution in [-0.4, -0.2) is 4.98 Å². The highest BCUT2D eigenvalue weighted by molar-refractivity contribution is 9.10. The third-order valence-electron chi connectivity index (χ3n) is 2.16. The predicted octanol–water partition coefficient (Wildman–Crippen LogP) is 4.22. The molecule has 0 fully saturated rings. The first-order chi connectivity index (χ1) is 7.75. The van der Waals surface area contributed by atoms with Crippen molar-refractivity contribution in [2.24, 2.45) is 0 Å². The van der Waals surface area contributed by atoms with Gasteiger partial charge in [0, 0.05) is 17.2 Å². The number of halogens is 2. The summed E-state index contributed by atoms with van der Waals surface area (Å²) >= 11 is 6.82. The van der Waals surface area contributed by atoms with Gasteiger partial charge in [-0.3, -0.25) is 0 Å². The maximum Gasteiger partial charge on any atom is 0.129 e. The number of hydrogen-bond acceptors (Lipinski definition) is 2. The first kappa shape index (κ1) is 11.6. The van der Waals surface area contributed by atoms with Gasteiger partial charge in [-0.15, -0.1) is 0 Å². The van der Waals surface area contributed by atoms with Gasteiger partial charge in [0.05, 0.1) is 5.69 Å². The SMILES string of the molecule is Brc1ccc(CNc2cccnc2Br)cc1. The predicted molar refractivity (Wildman–Crippen MR) is 73.4 cm³/mol. The van der Waals surface area contributed by atoms with E-state index in [9.17, 15) is 0 Å². The van der Waals surface area contributed by atoms with E-state index in [1.807, 2.05) is 24.3 Å². The quantitative estimate of drug-likeness (QED) is 0.845. The molecule has 0 bridgehead atoms. The van der Waals surface area contributed by atoms with Gasteiger partial charge in [0.15, 0.2) is 0 Å². The Morgan fingerprint density at radius 3 is 2.50 bits per heavy atom. The fraction of sp³-hybridized carbons (Fsp3) is 0.0833. The Hall–Kier alpha value is -0.870. The highest BCUT2D eigenvalue weighted by atomic mass is 79.9. The van der Waals surface area contributed by atoms with E-state index in [0.717, 1.165) is 21.3 Å². The normalized spacial score (nSPS) is 10.1. The van der Waals surface area contributed by atoms with Crippen molar-refractivity contribution in [1.29, 1.82) is 0 Å². The average molecular weight is 342 g/mol. The molecule has 1 N–H and O–H groups in total. The molecule has 4 heteroatoms. The molecule has 1 heterocycles. The van der Waals surface area contributed by atoms with Crippen molar-refractivity contribution in [3.8, 4) is 0 Å². The molecule has 0 unspecified atom stereocenters.